The molecule has 0 amide bonds. The Morgan fingerprint density at radius 3 is 2.52 bits per heavy atom. The summed E-state index contributed by atoms with van der Waals surface area (Å²) in [6.45, 7) is 0.170. The van der Waals surface area contributed by atoms with E-state index in [1.807, 2.05) is 0 Å². The summed E-state index contributed by atoms with van der Waals surface area (Å²) >= 11 is 0. The van der Waals surface area contributed by atoms with E-state index in [1.54, 1.807) is 36.4 Å². The van der Waals surface area contributed by atoms with E-state index in [0.29, 0.717) is 5.75 Å². The third-order valence-corrected chi connectivity index (χ3v) is 3.41. The molecule has 25 heavy (non-hydrogen) atoms. The number of aromatic nitrogens is 4. The van der Waals surface area contributed by atoms with Crippen LogP contribution in [0.5, 0.6) is 5.75 Å². The molecule has 1 aromatic heterocycles. The van der Waals surface area contributed by atoms with Gasteiger partial charge < -0.3 is 4.74 Å². The zero-order chi connectivity index (χ0) is 17.6. The number of rotatable bonds is 7. The van der Waals surface area contributed by atoms with Gasteiger partial charge in [-0.25, -0.2) is 4.39 Å². The number of para-hydroxylation sites is 1. The zero-order valence-corrected chi connectivity index (χ0v) is 13.0. The molecule has 0 bridgehead atoms. The number of aromatic amines is 1. The van der Waals surface area contributed by atoms with Gasteiger partial charge in [-0.05, 0) is 35.0 Å². The molecule has 126 valence electrons. The van der Waals surface area contributed by atoms with E-state index in [0.717, 1.165) is 5.56 Å². The van der Waals surface area contributed by atoms with Gasteiger partial charge in [0.25, 0.3) is 0 Å². The SMILES string of the molecule is O=C(CC(=O)c1ccccc1OCc1ccc(F)cc1)c1nn[nH]n1. The van der Waals surface area contributed by atoms with Crippen molar-refractivity contribution in [2.75, 3.05) is 0 Å². The second-order valence-corrected chi connectivity index (χ2v) is 5.17. The maximum atomic E-state index is 12.9. The van der Waals surface area contributed by atoms with Crippen LogP contribution in [0.1, 0.15) is 33.0 Å². The lowest BCUT2D eigenvalue weighted by Crippen LogP contribution is -2.11. The molecule has 7 nitrogen and oxygen atoms in total. The van der Waals surface area contributed by atoms with E-state index in [4.69, 9.17) is 4.74 Å². The molecule has 0 aliphatic carbocycles. The molecular formula is C17H13FN4O3. The molecule has 0 unspecified atom stereocenters. The molecule has 1 N–H and O–H groups in total. The highest BCUT2D eigenvalue weighted by Gasteiger charge is 2.19. The largest absolute Gasteiger partial charge is 0.488 e. The van der Waals surface area contributed by atoms with Crippen molar-refractivity contribution in [3.63, 3.8) is 0 Å². The van der Waals surface area contributed by atoms with E-state index < -0.39 is 18.0 Å². The predicted molar refractivity (Wildman–Crippen MR) is 84.6 cm³/mol. The number of ether oxygens (including phenoxy) is 1. The van der Waals surface area contributed by atoms with Gasteiger partial charge in [0, 0.05) is 0 Å². The summed E-state index contributed by atoms with van der Waals surface area (Å²) in [4.78, 5) is 24.3. The molecule has 1 heterocycles. The van der Waals surface area contributed by atoms with Crippen LogP contribution >= 0.6 is 0 Å². The van der Waals surface area contributed by atoms with Gasteiger partial charge in [-0.1, -0.05) is 24.3 Å². The van der Waals surface area contributed by atoms with E-state index in [9.17, 15) is 14.0 Å². The molecule has 0 saturated carbocycles. The first-order chi connectivity index (χ1) is 12.1. The lowest BCUT2D eigenvalue weighted by atomic mass is 10.0. The first kappa shape index (κ1) is 16.4. The second-order valence-electron chi connectivity index (χ2n) is 5.17. The van der Waals surface area contributed by atoms with Gasteiger partial charge in [-0.3, -0.25) is 9.59 Å². The molecule has 3 rings (SSSR count). The number of carbonyl (C=O) groups excluding carboxylic acids is 2. The number of benzene rings is 2. The van der Waals surface area contributed by atoms with Gasteiger partial charge in [0.05, 0.1) is 12.0 Å². The Hall–Kier alpha value is -3.42. The highest BCUT2D eigenvalue weighted by atomic mass is 19.1. The average Bonchev–Trinajstić information content (AvgIpc) is 3.16. The quantitative estimate of drug-likeness (QED) is 0.524. The maximum absolute atomic E-state index is 12.9. The molecule has 3 aromatic rings. The van der Waals surface area contributed by atoms with Gasteiger partial charge >= 0.3 is 0 Å². The standard InChI is InChI=1S/C17H13FN4O3/c18-12-7-5-11(6-8-12)10-25-16-4-2-1-3-13(16)14(23)9-15(24)17-19-21-22-20-17/h1-8H,9-10H2,(H,19,20,21,22). The smallest absolute Gasteiger partial charge is 0.240 e. The Kier molecular flexibility index (Phi) is 4.89. The van der Waals surface area contributed by atoms with Gasteiger partial charge in [0.2, 0.25) is 11.6 Å². The number of nitrogens with one attached hydrogen (secondary N) is 1. The normalized spacial score (nSPS) is 10.4. The summed E-state index contributed by atoms with van der Waals surface area (Å²) in [5, 5.41) is 12.6. The Balaban J connectivity index is 1.70. The monoisotopic (exact) mass is 340 g/mol. The molecule has 0 spiro atoms. The van der Waals surface area contributed by atoms with Crippen LogP contribution in [0, 0.1) is 5.82 Å². The maximum Gasteiger partial charge on any atom is 0.240 e. The number of tetrazole rings is 1. The molecule has 0 atom stereocenters. The number of H-pyrrole nitrogens is 1. The van der Waals surface area contributed by atoms with E-state index in [1.165, 1.54) is 12.1 Å². The van der Waals surface area contributed by atoms with Crippen LogP contribution < -0.4 is 4.74 Å². The summed E-state index contributed by atoms with van der Waals surface area (Å²) in [5.41, 5.74) is 1.04. The molecule has 0 aliphatic heterocycles. The van der Waals surface area contributed by atoms with Gasteiger partial charge in [-0.15, -0.1) is 10.2 Å². The highest BCUT2D eigenvalue weighted by Crippen LogP contribution is 2.21. The van der Waals surface area contributed by atoms with Crippen LogP contribution in [0.3, 0.4) is 0 Å². The molecule has 2 aromatic carbocycles. The van der Waals surface area contributed by atoms with Gasteiger partial charge in [0.1, 0.15) is 18.2 Å². The molecule has 0 saturated heterocycles. The van der Waals surface area contributed by atoms with Crippen LogP contribution in [0.15, 0.2) is 48.5 Å². The van der Waals surface area contributed by atoms with Crippen molar-refractivity contribution in [3.8, 4) is 5.75 Å². The highest BCUT2D eigenvalue weighted by molar-refractivity contribution is 6.13. The van der Waals surface area contributed by atoms with Gasteiger partial charge in [0.15, 0.2) is 5.78 Å². The lowest BCUT2D eigenvalue weighted by Gasteiger charge is -2.10. The van der Waals surface area contributed by atoms with E-state index >= 15 is 0 Å². The third-order valence-electron chi connectivity index (χ3n) is 3.41. The molecule has 8 heteroatoms. The Labute approximate surface area is 141 Å². The average molecular weight is 340 g/mol. The Morgan fingerprint density at radius 2 is 1.80 bits per heavy atom. The molecule has 0 fully saturated rings. The number of hydrogen-bond acceptors (Lipinski definition) is 6. The number of carbonyl (C=O) groups is 2. The lowest BCUT2D eigenvalue weighted by molar-refractivity contribution is 0.0886. The van der Waals surface area contributed by atoms with Crippen LogP contribution in [-0.4, -0.2) is 32.2 Å². The summed E-state index contributed by atoms with van der Waals surface area (Å²) in [5.74, 6) is -1.08. The fourth-order valence-corrected chi connectivity index (χ4v) is 2.16. The topological polar surface area (TPSA) is 97.8 Å². The number of hydrogen-bond donors (Lipinski definition) is 1. The van der Waals surface area contributed by atoms with Crippen molar-refractivity contribution in [1.82, 2.24) is 20.6 Å². The minimum atomic E-state index is -0.535. The van der Waals surface area contributed by atoms with Gasteiger partial charge in [-0.2, -0.15) is 5.21 Å². The number of nitrogens with zero attached hydrogens (tertiary/aromatic N) is 3. The van der Waals surface area contributed by atoms with Crippen LogP contribution in [0.25, 0.3) is 0 Å². The van der Waals surface area contributed by atoms with Crippen molar-refractivity contribution < 1.29 is 18.7 Å². The minimum Gasteiger partial charge on any atom is -0.488 e. The predicted octanol–water partition coefficient (Wildman–Crippen LogP) is 2.37. The minimum absolute atomic E-state index is 0.141. The first-order valence-electron chi connectivity index (χ1n) is 7.39. The number of Topliss-reactive ketones (excluding diaryl/α,β-unsaturated/α-hetero) is 2. The fraction of sp³-hybridized carbons (Fsp3) is 0.118. The van der Waals surface area contributed by atoms with Crippen molar-refractivity contribution in [3.05, 3.63) is 71.3 Å². The summed E-state index contributed by atoms with van der Waals surface area (Å²) < 4.78 is 18.6. The molecule has 0 radical (unpaired) electrons. The second kappa shape index (κ2) is 7.43. The first-order valence-corrected chi connectivity index (χ1v) is 7.39. The van der Waals surface area contributed by atoms with Crippen molar-refractivity contribution in [1.29, 1.82) is 0 Å². The third kappa shape index (κ3) is 4.11. The van der Waals surface area contributed by atoms with Crippen molar-refractivity contribution in [2.45, 2.75) is 13.0 Å². The summed E-state index contributed by atoms with van der Waals surface area (Å²) in [6, 6.07) is 12.5. The molecular weight excluding hydrogens is 327 g/mol. The van der Waals surface area contributed by atoms with Crippen molar-refractivity contribution in [2.24, 2.45) is 0 Å². The van der Waals surface area contributed by atoms with E-state index in [2.05, 4.69) is 20.6 Å². The number of ketones is 2. The summed E-state index contributed by atoms with van der Waals surface area (Å²) in [7, 11) is 0. The van der Waals surface area contributed by atoms with E-state index in [-0.39, 0.29) is 23.8 Å². The van der Waals surface area contributed by atoms with Crippen LogP contribution in [0.4, 0.5) is 4.39 Å². The van der Waals surface area contributed by atoms with Crippen molar-refractivity contribution >= 4 is 11.6 Å². The number of halogens is 1. The Morgan fingerprint density at radius 1 is 1.04 bits per heavy atom. The zero-order valence-electron chi connectivity index (χ0n) is 13.0. The fourth-order valence-electron chi connectivity index (χ4n) is 2.16. The Bertz CT molecular complexity index is 879. The van der Waals surface area contributed by atoms with Crippen LogP contribution in [-0.2, 0) is 6.61 Å². The molecule has 0 aliphatic rings. The van der Waals surface area contributed by atoms with Crippen LogP contribution in [0.2, 0.25) is 0 Å². The summed E-state index contributed by atoms with van der Waals surface area (Å²) in [6.07, 6.45) is -0.392.